The van der Waals surface area contributed by atoms with E-state index in [1.54, 1.807) is 23.6 Å². The number of aromatic nitrogens is 2. The fourth-order valence-electron chi connectivity index (χ4n) is 3.30. The molecule has 25 heavy (non-hydrogen) atoms. The van der Waals surface area contributed by atoms with Gasteiger partial charge in [0.15, 0.2) is 12.0 Å². The van der Waals surface area contributed by atoms with Crippen LogP contribution in [0.1, 0.15) is 10.4 Å². The second-order valence-corrected chi connectivity index (χ2v) is 7.52. The van der Waals surface area contributed by atoms with Gasteiger partial charge in [0.1, 0.15) is 11.9 Å². The Labute approximate surface area is 150 Å². The van der Waals surface area contributed by atoms with Crippen molar-refractivity contribution in [3.8, 4) is 22.4 Å². The zero-order chi connectivity index (χ0) is 17.6. The van der Waals surface area contributed by atoms with Crippen molar-refractivity contribution in [2.24, 2.45) is 7.05 Å². The first-order valence-electron chi connectivity index (χ1n) is 8.15. The first-order chi connectivity index (χ1) is 12.0. The van der Waals surface area contributed by atoms with Crippen LogP contribution >= 0.6 is 11.3 Å². The van der Waals surface area contributed by atoms with E-state index in [0.29, 0.717) is 5.69 Å². The van der Waals surface area contributed by atoms with Gasteiger partial charge in [0.05, 0.1) is 5.56 Å². The summed E-state index contributed by atoms with van der Waals surface area (Å²) in [5, 5.41) is 1.08. The van der Waals surface area contributed by atoms with Gasteiger partial charge in [-0.1, -0.05) is 18.2 Å². The van der Waals surface area contributed by atoms with E-state index in [1.807, 2.05) is 55.1 Å². The van der Waals surface area contributed by atoms with Crippen LogP contribution in [0.4, 0.5) is 4.39 Å². The number of hydrogen-bond acceptors (Lipinski definition) is 2. The Morgan fingerprint density at radius 2 is 1.84 bits per heavy atom. The highest BCUT2D eigenvalue weighted by atomic mass is 32.1. The predicted octanol–water partition coefficient (Wildman–Crippen LogP) is 5.21. The van der Waals surface area contributed by atoms with Crippen LogP contribution in [0.2, 0.25) is 0 Å². The van der Waals surface area contributed by atoms with Gasteiger partial charge < -0.3 is 0 Å². The van der Waals surface area contributed by atoms with Crippen molar-refractivity contribution in [3.63, 3.8) is 0 Å². The van der Waals surface area contributed by atoms with Crippen LogP contribution in [0.3, 0.4) is 0 Å². The highest BCUT2D eigenvalue weighted by Gasteiger charge is 2.21. The summed E-state index contributed by atoms with van der Waals surface area (Å²) in [5.41, 5.74) is 4.46. The SMILES string of the molecule is Cc1cc2c(-c3cc(F)c(-c4ccccc4C)[n+](C)c3)ccnc2s1. The number of halogens is 1. The van der Waals surface area contributed by atoms with Crippen LogP contribution in [-0.2, 0) is 7.05 Å². The van der Waals surface area contributed by atoms with Crippen LogP contribution in [-0.4, -0.2) is 4.98 Å². The summed E-state index contributed by atoms with van der Waals surface area (Å²) in [6.45, 7) is 4.07. The number of thiophene rings is 1. The molecule has 0 amide bonds. The maximum absolute atomic E-state index is 15.0. The topological polar surface area (TPSA) is 16.8 Å². The molecule has 0 atom stereocenters. The van der Waals surface area contributed by atoms with Crippen molar-refractivity contribution in [1.82, 2.24) is 4.98 Å². The van der Waals surface area contributed by atoms with E-state index < -0.39 is 0 Å². The quantitative estimate of drug-likeness (QED) is 0.454. The highest BCUT2D eigenvalue weighted by molar-refractivity contribution is 7.18. The molecular formula is C21H18FN2S+. The highest BCUT2D eigenvalue weighted by Crippen LogP contribution is 2.33. The van der Waals surface area contributed by atoms with Crippen molar-refractivity contribution >= 4 is 21.6 Å². The van der Waals surface area contributed by atoms with Crippen molar-refractivity contribution in [1.29, 1.82) is 0 Å². The van der Waals surface area contributed by atoms with Gasteiger partial charge in [0.2, 0.25) is 5.69 Å². The van der Waals surface area contributed by atoms with Gasteiger partial charge >= 0.3 is 0 Å². The monoisotopic (exact) mass is 349 g/mol. The number of benzene rings is 1. The lowest BCUT2D eigenvalue weighted by Gasteiger charge is -2.08. The van der Waals surface area contributed by atoms with Crippen LogP contribution in [0.15, 0.2) is 54.9 Å². The normalized spacial score (nSPS) is 11.2. The van der Waals surface area contributed by atoms with E-state index in [0.717, 1.165) is 32.5 Å². The summed E-state index contributed by atoms with van der Waals surface area (Å²) in [5.74, 6) is -0.216. The zero-order valence-electron chi connectivity index (χ0n) is 14.4. The largest absolute Gasteiger partial charge is 0.248 e. The van der Waals surface area contributed by atoms with Crippen molar-refractivity contribution in [2.75, 3.05) is 0 Å². The molecule has 0 aliphatic carbocycles. The molecule has 0 N–H and O–H groups in total. The molecule has 0 radical (unpaired) electrons. The number of aryl methyl sites for hydroxylation is 3. The van der Waals surface area contributed by atoms with E-state index in [9.17, 15) is 0 Å². The zero-order valence-corrected chi connectivity index (χ0v) is 15.2. The minimum Gasteiger partial charge on any atom is -0.245 e. The molecular weight excluding hydrogens is 331 g/mol. The van der Waals surface area contributed by atoms with Gasteiger partial charge in [-0.2, -0.15) is 8.96 Å². The van der Waals surface area contributed by atoms with Gasteiger partial charge in [-0.05, 0) is 49.2 Å². The molecule has 1 aromatic carbocycles. The maximum atomic E-state index is 15.0. The molecule has 0 aliphatic heterocycles. The van der Waals surface area contributed by atoms with Crippen LogP contribution in [0, 0.1) is 19.7 Å². The fraction of sp³-hybridized carbons (Fsp3) is 0.143. The first-order valence-corrected chi connectivity index (χ1v) is 8.97. The molecule has 3 heterocycles. The second kappa shape index (κ2) is 6.05. The lowest BCUT2D eigenvalue weighted by Crippen LogP contribution is -2.32. The molecule has 0 saturated heterocycles. The van der Waals surface area contributed by atoms with Crippen LogP contribution in [0.25, 0.3) is 32.6 Å². The maximum Gasteiger partial charge on any atom is 0.248 e. The molecule has 4 rings (SSSR count). The second-order valence-electron chi connectivity index (χ2n) is 6.29. The summed E-state index contributed by atoms with van der Waals surface area (Å²) in [4.78, 5) is 6.62. The summed E-state index contributed by atoms with van der Waals surface area (Å²) >= 11 is 1.66. The molecule has 0 bridgehead atoms. The standard InChI is InChI=1S/C21H18FN2S/c1-13-6-4-5-7-16(13)20-19(22)11-15(12-24(20)3)17-8-9-23-21-18(17)10-14(2)25-21/h4-12H,1-3H3/q+1. The fourth-order valence-corrected chi connectivity index (χ4v) is 4.17. The number of nitrogens with zero attached hydrogens (tertiary/aromatic N) is 2. The Hall–Kier alpha value is -2.59. The average molecular weight is 349 g/mol. The van der Waals surface area contributed by atoms with Crippen molar-refractivity contribution in [2.45, 2.75) is 13.8 Å². The predicted molar refractivity (Wildman–Crippen MR) is 101 cm³/mol. The molecule has 0 fully saturated rings. The lowest BCUT2D eigenvalue weighted by molar-refractivity contribution is -0.661. The van der Waals surface area contributed by atoms with E-state index in [4.69, 9.17) is 0 Å². The van der Waals surface area contributed by atoms with E-state index in [1.165, 1.54) is 4.88 Å². The first kappa shape index (κ1) is 15.9. The molecule has 4 heteroatoms. The number of fused-ring (bicyclic) bond motifs is 1. The average Bonchev–Trinajstić information content (AvgIpc) is 2.96. The number of pyridine rings is 2. The molecule has 4 aromatic rings. The third kappa shape index (κ3) is 2.72. The van der Waals surface area contributed by atoms with Gasteiger partial charge in [-0.25, -0.2) is 4.98 Å². The third-order valence-corrected chi connectivity index (χ3v) is 5.42. The van der Waals surface area contributed by atoms with E-state index >= 15 is 4.39 Å². The Balaban J connectivity index is 1.92. The van der Waals surface area contributed by atoms with Crippen LogP contribution in [0.5, 0.6) is 0 Å². The Morgan fingerprint density at radius 3 is 2.60 bits per heavy atom. The summed E-state index contributed by atoms with van der Waals surface area (Å²) in [6.07, 6.45) is 3.79. The Morgan fingerprint density at radius 1 is 1.04 bits per heavy atom. The van der Waals surface area contributed by atoms with Gasteiger partial charge in [-0.3, -0.25) is 0 Å². The Kier molecular flexibility index (Phi) is 3.85. The molecule has 0 unspecified atom stereocenters. The molecule has 124 valence electrons. The number of rotatable bonds is 2. The van der Waals surface area contributed by atoms with Crippen LogP contribution < -0.4 is 4.57 Å². The summed E-state index contributed by atoms with van der Waals surface area (Å²) < 4.78 is 16.9. The lowest BCUT2D eigenvalue weighted by atomic mass is 10.0. The molecule has 0 spiro atoms. The minimum absolute atomic E-state index is 0.216. The Bertz CT molecular complexity index is 1080. The molecule has 0 saturated carbocycles. The summed E-state index contributed by atoms with van der Waals surface area (Å²) in [7, 11) is 1.89. The third-order valence-electron chi connectivity index (χ3n) is 4.46. The van der Waals surface area contributed by atoms with E-state index in [2.05, 4.69) is 18.0 Å². The van der Waals surface area contributed by atoms with Gasteiger partial charge in [0, 0.05) is 22.0 Å². The smallest absolute Gasteiger partial charge is 0.245 e. The minimum atomic E-state index is -0.216. The van der Waals surface area contributed by atoms with Gasteiger partial charge in [-0.15, -0.1) is 11.3 Å². The number of hydrogen-bond donors (Lipinski definition) is 0. The van der Waals surface area contributed by atoms with Gasteiger partial charge in [0.25, 0.3) is 0 Å². The van der Waals surface area contributed by atoms with Crippen molar-refractivity contribution < 1.29 is 8.96 Å². The van der Waals surface area contributed by atoms with E-state index in [-0.39, 0.29) is 5.82 Å². The van der Waals surface area contributed by atoms with Crippen molar-refractivity contribution in [3.05, 3.63) is 71.1 Å². The summed E-state index contributed by atoms with van der Waals surface area (Å²) in [6, 6.07) is 13.6. The molecule has 0 aliphatic rings. The molecule has 2 nitrogen and oxygen atoms in total. The molecule has 3 aromatic heterocycles.